The third-order valence-corrected chi connectivity index (χ3v) is 4.49. The van der Waals surface area contributed by atoms with Crippen molar-refractivity contribution in [3.05, 3.63) is 83.2 Å². The number of hydrogen-bond donors (Lipinski definition) is 4. The number of benzene rings is 1. The van der Waals surface area contributed by atoms with Crippen molar-refractivity contribution in [3.8, 4) is 0 Å². The zero-order chi connectivity index (χ0) is 20.4. The number of fused-ring (bicyclic) bond motifs is 1. The van der Waals surface area contributed by atoms with Gasteiger partial charge in [-0.2, -0.15) is 0 Å². The number of aromatic amines is 1. The maximum atomic E-state index is 12.5. The number of anilines is 1. The van der Waals surface area contributed by atoms with E-state index in [0.29, 0.717) is 34.4 Å². The van der Waals surface area contributed by atoms with Gasteiger partial charge in [0.1, 0.15) is 0 Å². The van der Waals surface area contributed by atoms with Crippen molar-refractivity contribution >= 4 is 28.3 Å². The molecule has 1 aromatic carbocycles. The SMILES string of the molecule is Cc1cncc(CNC(=O)c2nc3cc(N)c(C(=N)c4ccncc4)cc3[nH]2)c1. The standard InChI is InChI=1S/C21H19N7O/c1-12-6-13(10-25-9-12)11-26-21(29)20-27-17-7-15(16(22)8-18(17)28-20)19(23)14-2-4-24-5-3-14/h2-10,23H,11,22H2,1H3,(H,26,29)(H,27,28). The van der Waals surface area contributed by atoms with Crippen molar-refractivity contribution in [1.82, 2.24) is 25.3 Å². The summed E-state index contributed by atoms with van der Waals surface area (Å²) < 4.78 is 0. The van der Waals surface area contributed by atoms with Crippen LogP contribution in [0.15, 0.2) is 55.1 Å². The number of aryl methyl sites for hydroxylation is 1. The molecule has 4 rings (SSSR count). The summed E-state index contributed by atoms with van der Waals surface area (Å²) in [5.74, 6) is -0.139. The van der Waals surface area contributed by atoms with E-state index in [1.807, 2.05) is 13.0 Å². The molecule has 29 heavy (non-hydrogen) atoms. The van der Waals surface area contributed by atoms with Crippen LogP contribution in [0.5, 0.6) is 0 Å². The van der Waals surface area contributed by atoms with Gasteiger partial charge in [-0.05, 0) is 42.3 Å². The van der Waals surface area contributed by atoms with E-state index in [1.54, 1.807) is 49.1 Å². The summed E-state index contributed by atoms with van der Waals surface area (Å²) in [6.07, 6.45) is 6.72. The Bertz CT molecular complexity index is 1210. The van der Waals surface area contributed by atoms with Crippen LogP contribution in [-0.4, -0.2) is 31.6 Å². The second-order valence-corrected chi connectivity index (χ2v) is 6.71. The number of imidazole rings is 1. The number of nitrogens with two attached hydrogens (primary N) is 1. The Morgan fingerprint density at radius 3 is 2.72 bits per heavy atom. The van der Waals surface area contributed by atoms with Crippen LogP contribution in [0.3, 0.4) is 0 Å². The van der Waals surface area contributed by atoms with Crippen molar-refractivity contribution in [3.63, 3.8) is 0 Å². The van der Waals surface area contributed by atoms with Gasteiger partial charge in [0.2, 0.25) is 0 Å². The van der Waals surface area contributed by atoms with Crippen LogP contribution in [0.1, 0.15) is 32.9 Å². The van der Waals surface area contributed by atoms with Crippen molar-refractivity contribution in [1.29, 1.82) is 5.41 Å². The van der Waals surface area contributed by atoms with Gasteiger partial charge in [-0.15, -0.1) is 0 Å². The van der Waals surface area contributed by atoms with Crippen LogP contribution in [0, 0.1) is 12.3 Å². The summed E-state index contributed by atoms with van der Waals surface area (Å²) >= 11 is 0. The molecule has 3 heterocycles. The van der Waals surface area contributed by atoms with Gasteiger partial charge in [0.25, 0.3) is 5.91 Å². The summed E-state index contributed by atoms with van der Waals surface area (Å²) in [7, 11) is 0. The van der Waals surface area contributed by atoms with E-state index in [0.717, 1.165) is 11.1 Å². The second kappa shape index (κ2) is 7.51. The molecule has 0 radical (unpaired) electrons. The lowest BCUT2D eigenvalue weighted by Crippen LogP contribution is -2.24. The van der Waals surface area contributed by atoms with E-state index in [-0.39, 0.29) is 17.4 Å². The number of pyridine rings is 2. The minimum atomic E-state index is -0.327. The molecule has 4 aromatic rings. The van der Waals surface area contributed by atoms with E-state index >= 15 is 0 Å². The molecular formula is C21H19N7O. The summed E-state index contributed by atoms with van der Waals surface area (Å²) in [4.78, 5) is 27.9. The number of H-pyrrole nitrogens is 1. The minimum Gasteiger partial charge on any atom is -0.398 e. The van der Waals surface area contributed by atoms with Crippen molar-refractivity contribution in [2.75, 3.05) is 5.73 Å². The van der Waals surface area contributed by atoms with Gasteiger partial charge in [-0.25, -0.2) is 4.98 Å². The Morgan fingerprint density at radius 1 is 1.17 bits per heavy atom. The van der Waals surface area contributed by atoms with Crippen molar-refractivity contribution in [2.24, 2.45) is 0 Å². The van der Waals surface area contributed by atoms with E-state index < -0.39 is 0 Å². The average Bonchev–Trinajstić information content (AvgIpc) is 3.14. The lowest BCUT2D eigenvalue weighted by molar-refractivity contribution is 0.0941. The highest BCUT2D eigenvalue weighted by Gasteiger charge is 2.15. The van der Waals surface area contributed by atoms with E-state index in [9.17, 15) is 4.79 Å². The molecule has 5 N–H and O–H groups in total. The Labute approximate surface area is 166 Å². The Kier molecular flexibility index (Phi) is 4.74. The molecule has 0 fully saturated rings. The number of carbonyl (C=O) groups excluding carboxylic acids is 1. The molecule has 0 aliphatic carbocycles. The molecule has 0 bridgehead atoms. The zero-order valence-electron chi connectivity index (χ0n) is 15.7. The number of nitrogens with one attached hydrogen (secondary N) is 3. The molecule has 0 unspecified atom stereocenters. The smallest absolute Gasteiger partial charge is 0.287 e. The van der Waals surface area contributed by atoms with Gasteiger partial charge >= 0.3 is 0 Å². The monoisotopic (exact) mass is 385 g/mol. The first-order chi connectivity index (χ1) is 14.0. The first-order valence-corrected chi connectivity index (χ1v) is 8.98. The molecule has 0 saturated carbocycles. The summed E-state index contributed by atoms with van der Waals surface area (Å²) in [5, 5.41) is 11.3. The molecular weight excluding hydrogens is 366 g/mol. The van der Waals surface area contributed by atoms with Crippen LogP contribution in [0.4, 0.5) is 5.69 Å². The van der Waals surface area contributed by atoms with Gasteiger partial charge in [0, 0.05) is 48.1 Å². The van der Waals surface area contributed by atoms with Gasteiger partial charge < -0.3 is 16.0 Å². The summed E-state index contributed by atoms with van der Waals surface area (Å²) in [5.41, 5.74) is 11.2. The fraction of sp³-hybridized carbons (Fsp3) is 0.0952. The first kappa shape index (κ1) is 18.3. The predicted octanol–water partition coefficient (Wildman–Crippen LogP) is 2.59. The van der Waals surface area contributed by atoms with Gasteiger partial charge in [0.05, 0.1) is 16.7 Å². The fourth-order valence-corrected chi connectivity index (χ4v) is 3.05. The minimum absolute atomic E-state index is 0.188. The number of carbonyl (C=O) groups is 1. The van der Waals surface area contributed by atoms with Crippen LogP contribution in [0.25, 0.3) is 11.0 Å². The maximum Gasteiger partial charge on any atom is 0.287 e. The van der Waals surface area contributed by atoms with Gasteiger partial charge in [-0.3, -0.25) is 20.2 Å². The molecule has 0 saturated heterocycles. The van der Waals surface area contributed by atoms with E-state index in [4.69, 9.17) is 11.1 Å². The quantitative estimate of drug-likeness (QED) is 0.309. The van der Waals surface area contributed by atoms with Crippen molar-refractivity contribution in [2.45, 2.75) is 13.5 Å². The highest BCUT2D eigenvalue weighted by molar-refractivity contribution is 6.15. The molecule has 0 aliphatic rings. The number of rotatable bonds is 5. The third kappa shape index (κ3) is 3.81. The predicted molar refractivity (Wildman–Crippen MR) is 111 cm³/mol. The number of nitrogens with zero attached hydrogens (tertiary/aromatic N) is 3. The molecule has 8 heteroatoms. The van der Waals surface area contributed by atoms with Crippen LogP contribution < -0.4 is 11.1 Å². The third-order valence-electron chi connectivity index (χ3n) is 4.49. The second-order valence-electron chi connectivity index (χ2n) is 6.71. The number of amides is 1. The molecule has 1 amide bonds. The van der Waals surface area contributed by atoms with Crippen LogP contribution in [-0.2, 0) is 6.54 Å². The molecule has 0 spiro atoms. The Balaban J connectivity index is 1.57. The molecule has 3 aromatic heterocycles. The maximum absolute atomic E-state index is 12.5. The average molecular weight is 385 g/mol. The summed E-state index contributed by atoms with van der Waals surface area (Å²) in [6, 6.07) is 8.86. The topological polar surface area (TPSA) is 133 Å². The Morgan fingerprint density at radius 2 is 1.97 bits per heavy atom. The van der Waals surface area contributed by atoms with Gasteiger partial charge in [-0.1, -0.05) is 6.07 Å². The highest BCUT2D eigenvalue weighted by atomic mass is 16.2. The molecule has 0 atom stereocenters. The van der Waals surface area contributed by atoms with Crippen molar-refractivity contribution < 1.29 is 4.79 Å². The number of nitrogen functional groups attached to an aromatic ring is 1. The van der Waals surface area contributed by atoms with Crippen LogP contribution in [0.2, 0.25) is 0 Å². The normalized spacial score (nSPS) is 10.8. The molecule has 144 valence electrons. The first-order valence-electron chi connectivity index (χ1n) is 8.98. The lowest BCUT2D eigenvalue weighted by atomic mass is 10.0. The van der Waals surface area contributed by atoms with Gasteiger partial charge in [0.15, 0.2) is 5.82 Å². The number of hydrogen-bond acceptors (Lipinski definition) is 6. The van der Waals surface area contributed by atoms with Crippen LogP contribution >= 0.6 is 0 Å². The molecule has 8 nitrogen and oxygen atoms in total. The lowest BCUT2D eigenvalue weighted by Gasteiger charge is -2.07. The molecule has 0 aliphatic heterocycles. The largest absolute Gasteiger partial charge is 0.398 e. The Hall–Kier alpha value is -4.07. The number of aromatic nitrogens is 4. The van der Waals surface area contributed by atoms with E-state index in [2.05, 4.69) is 25.3 Å². The van der Waals surface area contributed by atoms with E-state index in [1.165, 1.54) is 0 Å². The fourth-order valence-electron chi connectivity index (χ4n) is 3.05. The summed E-state index contributed by atoms with van der Waals surface area (Å²) in [6.45, 7) is 2.30. The highest BCUT2D eigenvalue weighted by Crippen LogP contribution is 2.23. The zero-order valence-corrected chi connectivity index (χ0v) is 15.7.